The summed E-state index contributed by atoms with van der Waals surface area (Å²) in [5.74, 6) is 0. The van der Waals surface area contributed by atoms with Crippen molar-refractivity contribution < 1.29 is 123 Å². The van der Waals surface area contributed by atoms with Crippen LogP contribution in [0.2, 0.25) is 0 Å². The third-order valence-electron chi connectivity index (χ3n) is 0. The van der Waals surface area contributed by atoms with Gasteiger partial charge < -0.3 is 33.9 Å². The van der Waals surface area contributed by atoms with E-state index in [2.05, 4.69) is 0 Å². The molecule has 0 aromatic carbocycles. The van der Waals surface area contributed by atoms with Crippen molar-refractivity contribution >= 4 is 33.5 Å². The van der Waals surface area contributed by atoms with Crippen LogP contribution >= 0.6 is 0 Å². The molecule has 0 saturated heterocycles. The molecular weight excluding hydrogens is 253 g/mol. The molecule has 0 aliphatic carbocycles. The first-order valence-corrected chi connectivity index (χ1v) is 2.00. The van der Waals surface area contributed by atoms with E-state index in [0.717, 1.165) is 0 Å². The van der Waals surface area contributed by atoms with E-state index in [0.29, 0.717) is 0 Å². The van der Waals surface area contributed by atoms with E-state index in [9.17, 15) is 0 Å². The Hall–Kier alpha value is 3.85. The monoisotopic (exact) mass is 252 g/mol. The van der Waals surface area contributed by atoms with E-state index in [1.807, 2.05) is 0 Å². The second-order valence-electron chi connectivity index (χ2n) is 0.408. The van der Waals surface area contributed by atoms with Crippen LogP contribution in [0.4, 0.5) is 0 Å². The van der Waals surface area contributed by atoms with Gasteiger partial charge in [-0.2, -0.15) is 0 Å². The SMILES string of the molecule is O=S(=O)([O-])[O-].[Cl-].[Cl-].[K+].[Mg+2].[Na+]. The molecule has 0 aromatic rings. The Morgan fingerprint density at radius 3 is 1.00 bits per heavy atom. The van der Waals surface area contributed by atoms with Crippen LogP contribution in [0, 0.1) is 0 Å². The summed E-state index contributed by atoms with van der Waals surface area (Å²) in [4.78, 5) is 0. The van der Waals surface area contributed by atoms with E-state index in [-0.39, 0.29) is 129 Å². The van der Waals surface area contributed by atoms with Crippen molar-refractivity contribution in [1.82, 2.24) is 0 Å². The summed E-state index contributed by atoms with van der Waals surface area (Å²) in [5, 5.41) is 0. The maximum absolute atomic E-state index is 8.52. The number of rotatable bonds is 0. The van der Waals surface area contributed by atoms with Crippen molar-refractivity contribution in [2.24, 2.45) is 0 Å². The molecule has 48 valence electrons. The van der Waals surface area contributed by atoms with Crippen LogP contribution in [0.3, 0.4) is 0 Å². The summed E-state index contributed by atoms with van der Waals surface area (Å²) in [6.45, 7) is 0. The van der Waals surface area contributed by atoms with Gasteiger partial charge in [0.05, 0.1) is 0 Å². The zero-order chi connectivity index (χ0) is 4.50. The Bertz CT molecular complexity index is 106. The van der Waals surface area contributed by atoms with E-state index < -0.39 is 10.4 Å². The predicted molar refractivity (Wildman–Crippen MR) is 16.2 cm³/mol. The minimum atomic E-state index is -5.17. The number of hydrogen-bond donors (Lipinski definition) is 0. The average molecular weight is 253 g/mol. The van der Waals surface area contributed by atoms with Gasteiger partial charge in [-0.15, -0.1) is 0 Å². The van der Waals surface area contributed by atoms with Gasteiger partial charge in [-0.3, -0.25) is 8.42 Å². The van der Waals surface area contributed by atoms with Crippen LogP contribution in [0.15, 0.2) is 0 Å². The summed E-state index contributed by atoms with van der Waals surface area (Å²) in [7, 11) is -5.17. The fraction of sp³-hybridized carbons (Fsp3) is 0. The van der Waals surface area contributed by atoms with Crippen LogP contribution in [-0.2, 0) is 10.4 Å². The molecule has 0 aliphatic heterocycles. The summed E-state index contributed by atoms with van der Waals surface area (Å²) >= 11 is 0. The van der Waals surface area contributed by atoms with Gasteiger partial charge in [0, 0.05) is 10.4 Å². The van der Waals surface area contributed by atoms with E-state index in [1.165, 1.54) is 0 Å². The van der Waals surface area contributed by atoms with Gasteiger partial charge in [0.15, 0.2) is 0 Å². The maximum atomic E-state index is 8.52. The number of halogens is 2. The molecule has 0 amide bonds. The van der Waals surface area contributed by atoms with Gasteiger partial charge in [0.2, 0.25) is 0 Å². The van der Waals surface area contributed by atoms with Crippen molar-refractivity contribution in [3.8, 4) is 0 Å². The molecule has 0 radical (unpaired) electrons. The van der Waals surface area contributed by atoms with Crippen molar-refractivity contribution in [3.05, 3.63) is 0 Å². The van der Waals surface area contributed by atoms with Crippen LogP contribution in [0.1, 0.15) is 0 Å². The minimum Gasteiger partial charge on any atom is -1.00 e. The molecule has 10 heavy (non-hydrogen) atoms. The molecule has 0 N–H and O–H groups in total. The summed E-state index contributed by atoms with van der Waals surface area (Å²) < 4.78 is 34.1. The smallest absolute Gasteiger partial charge is 1.00 e. The minimum absolute atomic E-state index is 0. The quantitative estimate of drug-likeness (QED) is 0.244. The zero-order valence-electron chi connectivity index (χ0n) is 5.50. The third-order valence-corrected chi connectivity index (χ3v) is 0. The van der Waals surface area contributed by atoms with Gasteiger partial charge in [-0.1, -0.05) is 0 Å². The maximum Gasteiger partial charge on any atom is 2.00 e. The topological polar surface area (TPSA) is 80.3 Å². The zero-order valence-corrected chi connectivity index (χ0v) is 14.4. The molecule has 0 rings (SSSR count). The van der Waals surface area contributed by atoms with Crippen molar-refractivity contribution in [2.45, 2.75) is 0 Å². The standard InChI is InChI=1S/2ClH.K.Mg.Na.H2O4S/c;;;;;1-5(2,3)4/h2*1H;;;;(H2,1,2,3,4)/q;;+1;+2;+1;/p-4. The molecular formula is Cl2KMgNaO4S. The molecule has 0 saturated carbocycles. The van der Waals surface area contributed by atoms with Crippen molar-refractivity contribution in [2.75, 3.05) is 0 Å². The van der Waals surface area contributed by atoms with Crippen molar-refractivity contribution in [1.29, 1.82) is 0 Å². The third kappa shape index (κ3) is 94.1. The molecule has 0 aromatic heterocycles. The summed E-state index contributed by atoms with van der Waals surface area (Å²) in [6, 6.07) is 0. The second kappa shape index (κ2) is 18.6. The molecule has 10 heteroatoms. The Morgan fingerprint density at radius 2 is 1.00 bits per heavy atom. The first-order valence-electron chi connectivity index (χ1n) is 0.667. The molecule has 4 nitrogen and oxygen atoms in total. The van der Waals surface area contributed by atoms with Crippen LogP contribution in [0.5, 0.6) is 0 Å². The first-order chi connectivity index (χ1) is 2.00. The molecule has 0 fully saturated rings. The Balaban J connectivity index is -0.00000000800. The molecule has 0 atom stereocenters. The van der Waals surface area contributed by atoms with E-state index >= 15 is 0 Å². The van der Waals surface area contributed by atoms with Gasteiger partial charge >= 0.3 is 104 Å². The average Bonchev–Trinajstić information content (AvgIpc) is 0.722. The Labute approximate surface area is 153 Å². The van der Waals surface area contributed by atoms with Gasteiger partial charge in [0.25, 0.3) is 0 Å². The molecule has 0 heterocycles. The first kappa shape index (κ1) is 37.1. The fourth-order valence-corrected chi connectivity index (χ4v) is 0. The molecule has 0 bridgehead atoms. The second-order valence-corrected chi connectivity index (χ2v) is 1.22. The summed E-state index contributed by atoms with van der Waals surface area (Å²) in [6.07, 6.45) is 0. The van der Waals surface area contributed by atoms with Crippen LogP contribution in [0.25, 0.3) is 0 Å². The van der Waals surface area contributed by atoms with E-state index in [1.54, 1.807) is 0 Å². The van der Waals surface area contributed by atoms with E-state index in [4.69, 9.17) is 17.5 Å². The number of hydrogen-bond acceptors (Lipinski definition) is 4. The van der Waals surface area contributed by atoms with Gasteiger partial charge in [-0.25, -0.2) is 0 Å². The van der Waals surface area contributed by atoms with Crippen LogP contribution in [-0.4, -0.2) is 40.6 Å². The Kier molecular flexibility index (Phi) is 69.0. The van der Waals surface area contributed by atoms with Crippen molar-refractivity contribution in [3.63, 3.8) is 0 Å². The fourth-order valence-electron chi connectivity index (χ4n) is 0. The Morgan fingerprint density at radius 1 is 1.00 bits per heavy atom. The summed E-state index contributed by atoms with van der Waals surface area (Å²) in [5.41, 5.74) is 0. The van der Waals surface area contributed by atoms with Gasteiger partial charge in [-0.05, 0) is 0 Å². The normalized spacial score (nSPS) is 5.80. The molecule has 0 unspecified atom stereocenters. The van der Waals surface area contributed by atoms with Gasteiger partial charge in [0.1, 0.15) is 0 Å². The molecule has 0 aliphatic rings. The largest absolute Gasteiger partial charge is 2.00 e. The molecule has 0 spiro atoms. The predicted octanol–water partition coefficient (Wildman–Crippen LogP) is -13.7. The van der Waals surface area contributed by atoms with Crippen LogP contribution < -0.4 is 106 Å².